The summed E-state index contributed by atoms with van der Waals surface area (Å²) in [4.78, 5) is 32.8. The molecule has 1 N–H and O–H groups in total. The predicted molar refractivity (Wildman–Crippen MR) is 140 cm³/mol. The van der Waals surface area contributed by atoms with Gasteiger partial charge >= 0.3 is 6.18 Å². The molecular formula is C29H36F3N3O2. The fraction of sp³-hybridized carbons (Fsp3) is 0.448. The third-order valence-electron chi connectivity index (χ3n) is 6.34. The van der Waals surface area contributed by atoms with E-state index in [1.165, 1.54) is 12.1 Å². The summed E-state index contributed by atoms with van der Waals surface area (Å²) in [6.45, 7) is 6.99. The summed E-state index contributed by atoms with van der Waals surface area (Å²) < 4.78 is 39.1. The first-order chi connectivity index (χ1) is 17.6. The van der Waals surface area contributed by atoms with E-state index in [0.29, 0.717) is 31.5 Å². The van der Waals surface area contributed by atoms with E-state index in [0.717, 1.165) is 41.4 Å². The molecule has 3 aromatic rings. The number of unbranched alkanes of at least 4 members (excludes halogenated alkanes) is 1. The minimum absolute atomic E-state index is 0.0463. The fourth-order valence-corrected chi connectivity index (χ4v) is 4.35. The van der Waals surface area contributed by atoms with Crippen molar-refractivity contribution in [1.29, 1.82) is 0 Å². The van der Waals surface area contributed by atoms with Crippen LogP contribution in [0, 0.1) is 5.92 Å². The van der Waals surface area contributed by atoms with E-state index in [-0.39, 0.29) is 30.8 Å². The van der Waals surface area contributed by atoms with Crippen molar-refractivity contribution in [3.05, 3.63) is 71.4 Å². The van der Waals surface area contributed by atoms with Crippen LogP contribution in [0.15, 0.2) is 54.7 Å². The summed E-state index contributed by atoms with van der Waals surface area (Å²) in [6.07, 6.45) is 0.122. The molecule has 0 spiro atoms. The van der Waals surface area contributed by atoms with E-state index in [9.17, 15) is 22.8 Å². The molecule has 0 aliphatic heterocycles. The minimum atomic E-state index is -4.42. The normalized spacial score (nSPS) is 11.8. The highest BCUT2D eigenvalue weighted by molar-refractivity contribution is 5.85. The molecule has 0 atom stereocenters. The summed E-state index contributed by atoms with van der Waals surface area (Å²) >= 11 is 0. The predicted octanol–water partition coefficient (Wildman–Crippen LogP) is 6.43. The number of carbonyl (C=O) groups is 2. The van der Waals surface area contributed by atoms with Gasteiger partial charge < -0.3 is 14.8 Å². The minimum Gasteiger partial charge on any atom is -0.361 e. The Bertz CT molecular complexity index is 1170. The molecule has 0 aliphatic carbocycles. The molecule has 0 saturated heterocycles. The molecule has 37 heavy (non-hydrogen) atoms. The van der Waals surface area contributed by atoms with Crippen LogP contribution in [0.25, 0.3) is 10.9 Å². The second-order valence-electron chi connectivity index (χ2n) is 9.89. The maximum atomic E-state index is 13.5. The Hall–Kier alpha value is -3.29. The zero-order chi connectivity index (χ0) is 27.0. The average Bonchev–Trinajstić information content (AvgIpc) is 3.27. The van der Waals surface area contributed by atoms with Gasteiger partial charge in [0, 0.05) is 43.2 Å². The number of nitrogens with zero attached hydrogens (tertiary/aromatic N) is 2. The summed E-state index contributed by atoms with van der Waals surface area (Å²) in [5, 5.41) is 1.07. The van der Waals surface area contributed by atoms with Gasteiger partial charge in [-0.05, 0) is 48.1 Å². The van der Waals surface area contributed by atoms with E-state index >= 15 is 0 Å². The molecular weight excluding hydrogens is 479 g/mol. The highest BCUT2D eigenvalue weighted by atomic mass is 19.4. The summed E-state index contributed by atoms with van der Waals surface area (Å²) in [6, 6.07) is 12.8. The number of amides is 2. The van der Waals surface area contributed by atoms with Gasteiger partial charge in [0.25, 0.3) is 0 Å². The van der Waals surface area contributed by atoms with Gasteiger partial charge in [0.15, 0.2) is 0 Å². The number of alkyl halides is 3. The Labute approximate surface area is 216 Å². The third-order valence-corrected chi connectivity index (χ3v) is 6.34. The maximum Gasteiger partial charge on any atom is 0.416 e. The van der Waals surface area contributed by atoms with Crippen molar-refractivity contribution in [2.45, 2.75) is 59.2 Å². The quantitative estimate of drug-likeness (QED) is 0.302. The standard InChI is InChI=1S/C29H36F3N3O2/c1-4-5-10-27(36)35(18-21(2)3)20-28(37)34(19-22-11-13-24(14-12-22)29(30,31)32)16-15-23-17-33-26-9-7-6-8-25(23)26/h6-9,11-14,17,21,33H,4-5,10,15-16,18-20H2,1-3H3. The lowest BCUT2D eigenvalue weighted by Gasteiger charge is -2.29. The molecule has 0 unspecified atom stereocenters. The second-order valence-corrected chi connectivity index (χ2v) is 9.89. The van der Waals surface area contributed by atoms with Crippen LogP contribution < -0.4 is 0 Å². The van der Waals surface area contributed by atoms with Gasteiger partial charge in [-0.25, -0.2) is 0 Å². The van der Waals surface area contributed by atoms with Crippen LogP contribution in [0.2, 0.25) is 0 Å². The zero-order valence-corrected chi connectivity index (χ0v) is 21.8. The Morgan fingerprint density at radius 1 is 0.973 bits per heavy atom. The van der Waals surface area contributed by atoms with Crippen LogP contribution in [0.1, 0.15) is 56.7 Å². The van der Waals surface area contributed by atoms with Crippen molar-refractivity contribution < 1.29 is 22.8 Å². The molecule has 2 amide bonds. The van der Waals surface area contributed by atoms with Crippen molar-refractivity contribution in [1.82, 2.24) is 14.8 Å². The van der Waals surface area contributed by atoms with Crippen LogP contribution in [0.5, 0.6) is 0 Å². The van der Waals surface area contributed by atoms with Gasteiger partial charge in [-0.3, -0.25) is 9.59 Å². The third kappa shape index (κ3) is 8.10. The molecule has 8 heteroatoms. The fourth-order valence-electron chi connectivity index (χ4n) is 4.35. The number of rotatable bonds is 12. The van der Waals surface area contributed by atoms with Gasteiger partial charge in [-0.1, -0.05) is 57.5 Å². The van der Waals surface area contributed by atoms with Crippen molar-refractivity contribution in [2.24, 2.45) is 5.92 Å². The first kappa shape index (κ1) is 28.3. The molecule has 1 heterocycles. The van der Waals surface area contributed by atoms with Gasteiger partial charge in [0.1, 0.15) is 0 Å². The Morgan fingerprint density at radius 3 is 2.32 bits per heavy atom. The topological polar surface area (TPSA) is 56.4 Å². The van der Waals surface area contributed by atoms with Gasteiger partial charge in [-0.15, -0.1) is 0 Å². The monoisotopic (exact) mass is 515 g/mol. The summed E-state index contributed by atoms with van der Waals surface area (Å²) in [7, 11) is 0. The lowest BCUT2D eigenvalue weighted by Crippen LogP contribution is -2.44. The van der Waals surface area contributed by atoms with Gasteiger partial charge in [-0.2, -0.15) is 13.2 Å². The van der Waals surface area contributed by atoms with Crippen molar-refractivity contribution in [3.8, 4) is 0 Å². The number of hydrogen-bond donors (Lipinski definition) is 1. The number of fused-ring (bicyclic) bond motifs is 1. The van der Waals surface area contributed by atoms with Crippen LogP contribution in [-0.4, -0.2) is 46.2 Å². The molecule has 0 saturated carbocycles. The van der Waals surface area contributed by atoms with E-state index in [4.69, 9.17) is 0 Å². The summed E-state index contributed by atoms with van der Waals surface area (Å²) in [5.41, 5.74) is 1.94. The number of aromatic nitrogens is 1. The lowest BCUT2D eigenvalue weighted by molar-refractivity contribution is -0.141. The van der Waals surface area contributed by atoms with Crippen LogP contribution in [-0.2, 0) is 28.7 Å². The first-order valence-electron chi connectivity index (χ1n) is 12.8. The Morgan fingerprint density at radius 2 is 1.68 bits per heavy atom. The molecule has 2 aromatic carbocycles. The SMILES string of the molecule is CCCCC(=O)N(CC(=O)N(CCc1c[nH]c2ccccc12)Cc1ccc(C(F)(F)F)cc1)CC(C)C. The molecule has 0 radical (unpaired) electrons. The Kier molecular flexibility index (Phi) is 9.78. The van der Waals surface area contributed by atoms with Crippen molar-refractivity contribution in [3.63, 3.8) is 0 Å². The molecule has 3 rings (SSSR count). The van der Waals surface area contributed by atoms with Gasteiger partial charge in [0.05, 0.1) is 12.1 Å². The van der Waals surface area contributed by atoms with E-state index in [2.05, 4.69) is 4.98 Å². The first-order valence-corrected chi connectivity index (χ1v) is 12.8. The highest BCUT2D eigenvalue weighted by Crippen LogP contribution is 2.29. The van der Waals surface area contributed by atoms with Crippen LogP contribution >= 0.6 is 0 Å². The van der Waals surface area contributed by atoms with E-state index < -0.39 is 11.7 Å². The number of halogens is 3. The van der Waals surface area contributed by atoms with Crippen molar-refractivity contribution in [2.75, 3.05) is 19.6 Å². The van der Waals surface area contributed by atoms with E-state index in [1.54, 1.807) is 9.80 Å². The second kappa shape index (κ2) is 12.8. The van der Waals surface area contributed by atoms with E-state index in [1.807, 2.05) is 51.2 Å². The molecule has 1 aromatic heterocycles. The van der Waals surface area contributed by atoms with Crippen LogP contribution in [0.4, 0.5) is 13.2 Å². The Balaban J connectivity index is 1.80. The number of carbonyl (C=O) groups excluding carboxylic acids is 2. The van der Waals surface area contributed by atoms with Crippen molar-refractivity contribution >= 4 is 22.7 Å². The molecule has 0 aliphatic rings. The number of H-pyrrole nitrogens is 1. The van der Waals surface area contributed by atoms with Crippen LogP contribution in [0.3, 0.4) is 0 Å². The smallest absolute Gasteiger partial charge is 0.361 e. The molecule has 200 valence electrons. The summed E-state index contributed by atoms with van der Waals surface area (Å²) in [5.74, 6) is -0.0618. The highest BCUT2D eigenvalue weighted by Gasteiger charge is 2.30. The molecule has 0 fully saturated rings. The number of aromatic amines is 1. The molecule has 5 nitrogen and oxygen atoms in total. The largest absolute Gasteiger partial charge is 0.416 e. The zero-order valence-electron chi connectivity index (χ0n) is 21.8. The number of benzene rings is 2. The number of hydrogen-bond acceptors (Lipinski definition) is 2. The number of para-hydroxylation sites is 1. The van der Waals surface area contributed by atoms with Gasteiger partial charge in [0.2, 0.25) is 11.8 Å². The average molecular weight is 516 g/mol. The number of nitrogens with one attached hydrogen (secondary N) is 1. The molecule has 0 bridgehead atoms. The maximum absolute atomic E-state index is 13.5. The lowest BCUT2D eigenvalue weighted by atomic mass is 10.1.